The summed E-state index contributed by atoms with van der Waals surface area (Å²) >= 11 is 0. The van der Waals surface area contributed by atoms with Gasteiger partial charge in [-0.1, -0.05) is 37.3 Å². The van der Waals surface area contributed by atoms with Crippen LogP contribution in [0.5, 0.6) is 0 Å². The molecule has 0 spiro atoms. The number of ether oxygens (including phenoxy) is 1. The van der Waals surface area contributed by atoms with Gasteiger partial charge >= 0.3 is 0 Å². The fraction of sp³-hybridized carbons (Fsp3) is 0.700. The summed E-state index contributed by atoms with van der Waals surface area (Å²) in [7, 11) is 0. The Balaban J connectivity index is 1.45. The summed E-state index contributed by atoms with van der Waals surface area (Å²) in [4.78, 5) is 5.40. The fourth-order valence-corrected chi connectivity index (χ4v) is 4.05. The third-order valence-electron chi connectivity index (χ3n) is 5.72. The van der Waals surface area contributed by atoms with Crippen LogP contribution in [0, 0.1) is 0 Å². The molecule has 0 amide bonds. The highest BCUT2D eigenvalue weighted by Gasteiger charge is 2.29. The highest BCUT2D eigenvalue weighted by atomic mass is 16.5. The molecule has 1 aromatic rings. The van der Waals surface area contributed by atoms with Crippen LogP contribution >= 0.6 is 0 Å². The molecule has 128 valence electrons. The van der Waals surface area contributed by atoms with E-state index in [1.54, 1.807) is 0 Å². The minimum Gasteiger partial charge on any atom is -0.381 e. The first-order valence-corrected chi connectivity index (χ1v) is 9.35. The molecule has 3 rings (SSSR count). The first-order valence-electron chi connectivity index (χ1n) is 9.35. The van der Waals surface area contributed by atoms with E-state index in [0.29, 0.717) is 12.0 Å². The maximum atomic E-state index is 5.51. The first kappa shape index (κ1) is 16.9. The van der Waals surface area contributed by atoms with Gasteiger partial charge in [0.25, 0.3) is 0 Å². The lowest BCUT2D eigenvalue weighted by molar-refractivity contribution is -0.00189. The van der Waals surface area contributed by atoms with E-state index >= 15 is 0 Å². The molecular weight excluding hydrogens is 284 g/mol. The molecule has 23 heavy (non-hydrogen) atoms. The van der Waals surface area contributed by atoms with Crippen molar-refractivity contribution >= 4 is 0 Å². The third-order valence-corrected chi connectivity index (χ3v) is 5.72. The second-order valence-electron chi connectivity index (χ2n) is 7.32. The molecule has 1 aromatic carbocycles. The van der Waals surface area contributed by atoms with Gasteiger partial charge in [-0.2, -0.15) is 0 Å². The average Bonchev–Trinajstić information content (AvgIpc) is 2.62. The number of hydrogen-bond donors (Lipinski definition) is 0. The number of hydrogen-bond acceptors (Lipinski definition) is 3. The lowest BCUT2D eigenvalue weighted by Crippen LogP contribution is -2.55. The summed E-state index contributed by atoms with van der Waals surface area (Å²) in [5.41, 5.74) is 1.47. The molecule has 0 radical (unpaired) electrons. The average molecular weight is 316 g/mol. The molecule has 2 aliphatic rings. The smallest absolute Gasteiger partial charge is 0.0480 e. The molecule has 0 aliphatic carbocycles. The van der Waals surface area contributed by atoms with E-state index in [1.165, 1.54) is 51.0 Å². The van der Waals surface area contributed by atoms with Crippen molar-refractivity contribution in [3.63, 3.8) is 0 Å². The zero-order valence-electron chi connectivity index (χ0n) is 14.8. The van der Waals surface area contributed by atoms with Gasteiger partial charge in [0, 0.05) is 44.9 Å². The van der Waals surface area contributed by atoms with Crippen molar-refractivity contribution in [2.75, 3.05) is 39.4 Å². The molecule has 3 nitrogen and oxygen atoms in total. The van der Waals surface area contributed by atoms with E-state index in [2.05, 4.69) is 54.0 Å². The van der Waals surface area contributed by atoms with Gasteiger partial charge in [0.1, 0.15) is 0 Å². The van der Waals surface area contributed by atoms with Crippen LogP contribution in [0.2, 0.25) is 0 Å². The van der Waals surface area contributed by atoms with Crippen molar-refractivity contribution < 1.29 is 4.74 Å². The molecule has 2 fully saturated rings. The quantitative estimate of drug-likeness (QED) is 0.828. The van der Waals surface area contributed by atoms with Gasteiger partial charge in [-0.3, -0.25) is 9.80 Å². The molecule has 0 bridgehead atoms. The molecule has 0 saturated carbocycles. The molecule has 0 aromatic heterocycles. The molecule has 2 saturated heterocycles. The lowest BCUT2D eigenvalue weighted by atomic mass is 9.97. The summed E-state index contributed by atoms with van der Waals surface area (Å²) in [5.74, 6) is 0.650. The van der Waals surface area contributed by atoms with Gasteiger partial charge in [-0.15, -0.1) is 0 Å². The van der Waals surface area contributed by atoms with Gasteiger partial charge in [0.05, 0.1) is 0 Å². The van der Waals surface area contributed by atoms with Crippen LogP contribution in [0.1, 0.15) is 44.6 Å². The predicted octanol–water partition coefficient (Wildman–Crippen LogP) is 3.37. The summed E-state index contributed by atoms with van der Waals surface area (Å²) in [6.07, 6.45) is 3.70. The molecular formula is C20H32N2O. The predicted molar refractivity (Wildman–Crippen MR) is 95.9 cm³/mol. The minimum atomic E-state index is 0.650. The zero-order valence-corrected chi connectivity index (χ0v) is 14.8. The maximum Gasteiger partial charge on any atom is 0.0480 e. The highest BCUT2D eigenvalue weighted by molar-refractivity contribution is 5.18. The van der Waals surface area contributed by atoms with Gasteiger partial charge in [-0.05, 0) is 44.2 Å². The largest absolute Gasteiger partial charge is 0.381 e. The Morgan fingerprint density at radius 1 is 1.13 bits per heavy atom. The number of piperazine rings is 1. The van der Waals surface area contributed by atoms with Crippen molar-refractivity contribution in [3.8, 4) is 0 Å². The second kappa shape index (κ2) is 8.27. The lowest BCUT2D eigenvalue weighted by Gasteiger charge is -2.44. The van der Waals surface area contributed by atoms with Crippen LogP contribution in [-0.2, 0) is 4.74 Å². The second-order valence-corrected chi connectivity index (χ2v) is 7.32. The topological polar surface area (TPSA) is 15.7 Å². The van der Waals surface area contributed by atoms with Crippen LogP contribution in [0.15, 0.2) is 30.3 Å². The van der Waals surface area contributed by atoms with E-state index in [9.17, 15) is 0 Å². The summed E-state index contributed by atoms with van der Waals surface area (Å²) in [6.45, 7) is 11.6. The van der Waals surface area contributed by atoms with Crippen molar-refractivity contribution in [1.82, 2.24) is 9.80 Å². The summed E-state index contributed by atoms with van der Waals surface area (Å²) < 4.78 is 5.51. The summed E-state index contributed by atoms with van der Waals surface area (Å²) in [5, 5.41) is 0. The van der Waals surface area contributed by atoms with Crippen molar-refractivity contribution in [1.29, 1.82) is 0 Å². The number of rotatable bonds is 5. The summed E-state index contributed by atoms with van der Waals surface area (Å²) in [6, 6.07) is 12.4. The molecule has 0 unspecified atom stereocenters. The van der Waals surface area contributed by atoms with Crippen molar-refractivity contribution in [2.45, 2.75) is 51.1 Å². The normalized spacial score (nSPS) is 26.3. The fourth-order valence-electron chi connectivity index (χ4n) is 4.05. The molecule has 3 heteroatoms. The third kappa shape index (κ3) is 4.56. The van der Waals surface area contributed by atoms with Gasteiger partial charge in [0.2, 0.25) is 0 Å². The van der Waals surface area contributed by atoms with E-state index in [0.717, 1.165) is 19.3 Å². The SMILES string of the molecule is C[C@@H](CCN1CCN(C2CCOCC2)C[C@@H]1C)c1ccccc1. The minimum absolute atomic E-state index is 0.650. The Bertz CT molecular complexity index is 458. The number of nitrogens with zero attached hydrogens (tertiary/aromatic N) is 2. The van der Waals surface area contributed by atoms with Crippen LogP contribution in [0.25, 0.3) is 0 Å². The standard InChI is InChI=1S/C20H32N2O/c1-17(19-6-4-3-5-7-19)8-11-21-12-13-22(16-18(21)2)20-9-14-23-15-10-20/h3-7,17-18,20H,8-16H2,1-2H3/t17-,18-/m0/s1. The van der Waals surface area contributed by atoms with Crippen molar-refractivity contribution in [3.05, 3.63) is 35.9 Å². The Labute approximate surface area is 141 Å². The molecule has 0 N–H and O–H groups in total. The van der Waals surface area contributed by atoms with Crippen LogP contribution in [0.4, 0.5) is 0 Å². The Hall–Kier alpha value is -0.900. The molecule has 2 heterocycles. The Morgan fingerprint density at radius 3 is 2.57 bits per heavy atom. The van der Waals surface area contributed by atoms with Gasteiger partial charge < -0.3 is 4.74 Å². The zero-order chi connectivity index (χ0) is 16.1. The van der Waals surface area contributed by atoms with Crippen molar-refractivity contribution in [2.24, 2.45) is 0 Å². The van der Waals surface area contributed by atoms with Gasteiger partial charge in [-0.25, -0.2) is 0 Å². The number of benzene rings is 1. The first-order chi connectivity index (χ1) is 11.2. The van der Waals surface area contributed by atoms with E-state index < -0.39 is 0 Å². The highest BCUT2D eigenvalue weighted by Crippen LogP contribution is 2.22. The van der Waals surface area contributed by atoms with Crippen LogP contribution < -0.4 is 0 Å². The molecule has 2 aliphatic heterocycles. The Kier molecular flexibility index (Phi) is 6.09. The van der Waals surface area contributed by atoms with Crippen LogP contribution in [-0.4, -0.2) is 61.3 Å². The Morgan fingerprint density at radius 2 is 1.87 bits per heavy atom. The van der Waals surface area contributed by atoms with E-state index in [1.807, 2.05) is 0 Å². The monoisotopic (exact) mass is 316 g/mol. The molecule has 2 atom stereocenters. The maximum absolute atomic E-state index is 5.51. The van der Waals surface area contributed by atoms with E-state index in [-0.39, 0.29) is 0 Å². The van der Waals surface area contributed by atoms with E-state index in [4.69, 9.17) is 4.74 Å². The van der Waals surface area contributed by atoms with Crippen LogP contribution in [0.3, 0.4) is 0 Å². The van der Waals surface area contributed by atoms with Gasteiger partial charge in [0.15, 0.2) is 0 Å².